The van der Waals surface area contributed by atoms with Crippen LogP contribution in [0.4, 0.5) is 52.7 Å². The van der Waals surface area contributed by atoms with Crippen molar-refractivity contribution in [1.29, 1.82) is 0 Å². The number of halogens is 12. The lowest BCUT2D eigenvalue weighted by atomic mass is 9.96. The van der Waals surface area contributed by atoms with Crippen molar-refractivity contribution in [3.8, 4) is 22.3 Å². The summed E-state index contributed by atoms with van der Waals surface area (Å²) in [7, 11) is 0. The van der Waals surface area contributed by atoms with Gasteiger partial charge < -0.3 is 0 Å². The zero-order chi connectivity index (χ0) is 38.9. The molecule has 0 saturated carbocycles. The van der Waals surface area contributed by atoms with Crippen LogP contribution in [-0.4, -0.2) is 0 Å². The molecule has 14 heteroatoms. The number of rotatable bonds is 2. The molecular weight excluding hydrogens is 740 g/mol. The highest BCUT2D eigenvalue weighted by Crippen LogP contribution is 2.43. The van der Waals surface area contributed by atoms with Gasteiger partial charge >= 0.3 is 24.7 Å². The zero-order valence-electron chi connectivity index (χ0n) is 26.6. The Kier molecular flexibility index (Phi) is 7.35. The third kappa shape index (κ3) is 5.53. The van der Waals surface area contributed by atoms with Gasteiger partial charge in [-0.1, -0.05) is 36.4 Å². The van der Waals surface area contributed by atoms with Gasteiger partial charge in [0, 0.05) is 32.3 Å². The van der Waals surface area contributed by atoms with Crippen molar-refractivity contribution in [2.75, 3.05) is 0 Å². The second-order valence-electron chi connectivity index (χ2n) is 12.8. The fraction of sp³-hybridized carbons (Fsp3) is 0.100. The second kappa shape index (κ2) is 11.3. The van der Waals surface area contributed by atoms with E-state index < -0.39 is 68.9 Å². The number of hydrogen-bond donors (Lipinski definition) is 0. The fourth-order valence-electron chi connectivity index (χ4n) is 7.16. The minimum atomic E-state index is -5.09. The molecule has 8 aromatic carbocycles. The summed E-state index contributed by atoms with van der Waals surface area (Å²) >= 11 is 0. The first kappa shape index (κ1) is 35.1. The van der Waals surface area contributed by atoms with Crippen LogP contribution >= 0.6 is 0 Å². The van der Waals surface area contributed by atoms with Crippen LogP contribution in [0.5, 0.6) is 0 Å². The van der Waals surface area contributed by atoms with Gasteiger partial charge in [0.15, 0.2) is 10.9 Å². The molecule has 0 aliphatic heterocycles. The first-order chi connectivity index (χ1) is 25.1. The van der Waals surface area contributed by atoms with Gasteiger partial charge in [-0.15, -0.1) is 0 Å². The third-order valence-corrected chi connectivity index (χ3v) is 9.60. The normalized spacial score (nSPS) is 13.3. The van der Waals surface area contributed by atoms with Crippen molar-refractivity contribution in [2.24, 2.45) is 0 Å². The molecule has 0 heterocycles. The molecule has 0 N–H and O–H groups in total. The average molecular weight is 757 g/mol. The van der Waals surface area contributed by atoms with Crippen LogP contribution in [0, 0.1) is 0 Å². The molecule has 0 fully saturated rings. The summed E-state index contributed by atoms with van der Waals surface area (Å²) < 4.78 is 163. The van der Waals surface area contributed by atoms with Crippen LogP contribution in [0.25, 0.3) is 76.1 Å². The van der Waals surface area contributed by atoms with E-state index in [1.165, 1.54) is 48.5 Å². The molecule has 0 spiro atoms. The molecule has 0 aliphatic carbocycles. The van der Waals surface area contributed by atoms with Crippen molar-refractivity contribution >= 4 is 53.9 Å². The van der Waals surface area contributed by atoms with E-state index in [1.807, 2.05) is 0 Å². The van der Waals surface area contributed by atoms with Gasteiger partial charge in [-0.25, -0.2) is 0 Å². The zero-order valence-corrected chi connectivity index (χ0v) is 26.6. The monoisotopic (exact) mass is 756 g/mol. The Hall–Kier alpha value is -5.92. The minimum absolute atomic E-state index is 0.00117. The van der Waals surface area contributed by atoms with Gasteiger partial charge in [-0.05, 0) is 104 Å². The second-order valence-corrected chi connectivity index (χ2v) is 12.8. The Morgan fingerprint density at radius 3 is 0.833 bits per heavy atom. The maximum absolute atomic E-state index is 13.6. The molecule has 0 saturated heterocycles. The minimum Gasteiger partial charge on any atom is -0.289 e. The Balaban J connectivity index is 1.32. The van der Waals surface area contributed by atoms with E-state index in [4.69, 9.17) is 0 Å². The van der Waals surface area contributed by atoms with Crippen molar-refractivity contribution in [2.45, 2.75) is 24.7 Å². The summed E-state index contributed by atoms with van der Waals surface area (Å²) in [6.45, 7) is 0. The van der Waals surface area contributed by atoms with E-state index in [0.29, 0.717) is 56.6 Å². The Morgan fingerprint density at radius 1 is 0.278 bits per heavy atom. The van der Waals surface area contributed by atoms with Crippen molar-refractivity contribution in [3.05, 3.63) is 140 Å². The lowest BCUT2D eigenvalue weighted by Gasteiger charge is -2.14. The molecule has 0 amide bonds. The number of benzene rings is 6. The van der Waals surface area contributed by atoms with Gasteiger partial charge in [0.1, 0.15) is 0 Å². The molecule has 8 rings (SSSR count). The fourth-order valence-corrected chi connectivity index (χ4v) is 7.16. The Morgan fingerprint density at radius 2 is 0.537 bits per heavy atom. The van der Waals surface area contributed by atoms with Gasteiger partial charge in [0.25, 0.3) is 0 Å². The molecule has 8 aromatic rings. The quantitative estimate of drug-likeness (QED) is 0.165. The highest BCUT2D eigenvalue weighted by atomic mass is 19.4. The molecule has 0 aliphatic rings. The Bertz CT molecular complexity index is 2710. The molecular formula is C40H16F12O2. The van der Waals surface area contributed by atoms with Gasteiger partial charge in [-0.3, -0.25) is 9.59 Å². The molecule has 0 atom stereocenters. The van der Waals surface area contributed by atoms with Crippen LogP contribution in [0.15, 0.2) is 107 Å². The van der Waals surface area contributed by atoms with Gasteiger partial charge in [0.05, 0.1) is 22.3 Å². The smallest absolute Gasteiger partial charge is 0.289 e. The predicted octanol–water partition coefficient (Wildman–Crippen LogP) is 12.5. The summed E-state index contributed by atoms with van der Waals surface area (Å²) in [4.78, 5) is 27.3. The predicted molar refractivity (Wildman–Crippen MR) is 180 cm³/mol. The van der Waals surface area contributed by atoms with Crippen LogP contribution in [0.3, 0.4) is 0 Å². The van der Waals surface area contributed by atoms with E-state index in [0.717, 1.165) is 0 Å². The summed E-state index contributed by atoms with van der Waals surface area (Å²) in [6, 6.07) is 16.1. The molecule has 272 valence electrons. The van der Waals surface area contributed by atoms with Crippen molar-refractivity contribution in [1.82, 2.24) is 0 Å². The molecule has 0 radical (unpaired) electrons. The number of alkyl halides is 12. The van der Waals surface area contributed by atoms with Gasteiger partial charge in [-0.2, -0.15) is 52.7 Å². The van der Waals surface area contributed by atoms with Crippen LogP contribution in [0.2, 0.25) is 0 Å². The summed E-state index contributed by atoms with van der Waals surface area (Å²) in [5.74, 6) is 0. The van der Waals surface area contributed by atoms with E-state index in [1.54, 1.807) is 12.1 Å². The maximum atomic E-state index is 13.6. The third-order valence-electron chi connectivity index (χ3n) is 9.60. The largest absolute Gasteiger partial charge is 0.416 e. The lowest BCUT2D eigenvalue weighted by Crippen LogP contribution is -2.11. The SMILES string of the molecule is O=c1c2cc(-c3cc(C(F)(F)F)cc(C(F)(F)F)c3)ccc2c2c1ccc1c2ccc2c(=O)c3cc(-c4cc(C(F)(F)F)cc(C(F)(F)F)c4)ccc3c21. The average Bonchev–Trinajstić information content (AvgIpc) is 3.56. The summed E-state index contributed by atoms with van der Waals surface area (Å²) in [6.07, 6.45) is -20.4. The standard InChI is InChI=1S/C40H16F12O2/c41-37(42,43)21-9-19(10-22(15-21)38(44,45)46)17-1-3-27-31(13-17)35(53)29-7-6-26-25(33(27)29)5-8-30-34(26)28-4-2-18(14-32(28)36(30)54)20-11-23(39(47,48)49)16-24(12-20)40(50,51)52/h1-16H. The molecule has 2 nitrogen and oxygen atoms in total. The molecule has 54 heavy (non-hydrogen) atoms. The van der Waals surface area contributed by atoms with E-state index in [-0.39, 0.29) is 44.8 Å². The van der Waals surface area contributed by atoms with Gasteiger partial charge in [0.2, 0.25) is 0 Å². The van der Waals surface area contributed by atoms with Crippen LogP contribution in [-0.2, 0) is 24.7 Å². The van der Waals surface area contributed by atoms with Crippen molar-refractivity contribution in [3.63, 3.8) is 0 Å². The van der Waals surface area contributed by atoms with Crippen molar-refractivity contribution < 1.29 is 52.7 Å². The summed E-state index contributed by atoms with van der Waals surface area (Å²) in [5.41, 5.74) is -8.17. The van der Waals surface area contributed by atoms with E-state index >= 15 is 0 Å². The molecule has 0 bridgehead atoms. The van der Waals surface area contributed by atoms with E-state index in [2.05, 4.69) is 0 Å². The number of hydrogen-bond acceptors (Lipinski definition) is 2. The lowest BCUT2D eigenvalue weighted by molar-refractivity contribution is -0.144. The topological polar surface area (TPSA) is 34.1 Å². The highest BCUT2D eigenvalue weighted by Gasteiger charge is 2.38. The maximum Gasteiger partial charge on any atom is 0.416 e. The first-order valence-electron chi connectivity index (χ1n) is 15.7. The van der Waals surface area contributed by atoms with Crippen LogP contribution < -0.4 is 10.9 Å². The first-order valence-corrected chi connectivity index (χ1v) is 15.7. The summed E-state index contributed by atoms with van der Waals surface area (Å²) in [5, 5.41) is 2.76. The highest BCUT2D eigenvalue weighted by molar-refractivity contribution is 6.31. The molecule has 0 aromatic heterocycles. The number of fused-ring (bicyclic) bond motifs is 9. The Labute approximate surface area is 293 Å². The molecule has 0 unspecified atom stereocenters. The van der Waals surface area contributed by atoms with E-state index in [9.17, 15) is 62.3 Å². The van der Waals surface area contributed by atoms with Crippen LogP contribution in [0.1, 0.15) is 22.3 Å².